The Bertz CT molecular complexity index is 1510. The Morgan fingerprint density at radius 3 is 2.09 bits per heavy atom. The van der Waals surface area contributed by atoms with Crippen LogP contribution >= 0.6 is 0 Å². The van der Waals surface area contributed by atoms with Crippen molar-refractivity contribution in [2.75, 3.05) is 11.9 Å². The smallest absolute Gasteiger partial charge is 0.412 e. The number of esters is 3. The summed E-state index contributed by atoms with van der Waals surface area (Å²) in [6.07, 6.45) is -0.365. The molecule has 1 atom stereocenters. The molecule has 1 aliphatic heterocycles. The van der Waals surface area contributed by atoms with Crippen molar-refractivity contribution in [2.45, 2.75) is 104 Å². The van der Waals surface area contributed by atoms with Crippen molar-refractivity contribution in [1.82, 2.24) is 0 Å². The second kappa shape index (κ2) is 13.8. The number of anilines is 1. The third-order valence-corrected chi connectivity index (χ3v) is 6.27. The lowest BCUT2D eigenvalue weighted by atomic mass is 9.92. The number of carbonyl (C=O) groups excluding carboxylic acids is 5. The molecular weight excluding hydrogens is 596 g/mol. The summed E-state index contributed by atoms with van der Waals surface area (Å²) in [4.78, 5) is 65.2. The van der Waals surface area contributed by atoms with Crippen LogP contribution in [0.2, 0.25) is 0 Å². The molecule has 1 unspecified atom stereocenters. The monoisotopic (exact) mass is 640 g/mol. The maximum Gasteiger partial charge on any atom is 0.412 e. The predicted octanol–water partition coefficient (Wildman–Crippen LogP) is 5.83. The number of hydrogen-bond acceptors (Lipinski definition) is 10. The summed E-state index contributed by atoms with van der Waals surface area (Å²) in [7, 11) is 0. The molecule has 0 saturated carbocycles. The van der Waals surface area contributed by atoms with Crippen LogP contribution in [0.4, 0.5) is 10.5 Å². The maximum atomic E-state index is 13.8. The molecule has 2 aromatic rings. The normalized spacial score (nSPS) is 14.3. The van der Waals surface area contributed by atoms with Crippen LogP contribution in [0.5, 0.6) is 11.5 Å². The van der Waals surface area contributed by atoms with Gasteiger partial charge in [0, 0.05) is 11.3 Å². The van der Waals surface area contributed by atoms with Gasteiger partial charge in [-0.05, 0) is 105 Å². The zero-order chi connectivity index (χ0) is 34.6. The third-order valence-electron chi connectivity index (χ3n) is 6.27. The van der Waals surface area contributed by atoms with Crippen LogP contribution in [0.3, 0.4) is 0 Å². The van der Waals surface area contributed by atoms with Gasteiger partial charge in [0.25, 0.3) is 5.91 Å². The molecule has 12 heteroatoms. The first-order chi connectivity index (χ1) is 21.1. The number of carbonyl (C=O) groups is 5. The van der Waals surface area contributed by atoms with Gasteiger partial charge >= 0.3 is 24.0 Å². The predicted molar refractivity (Wildman–Crippen MR) is 169 cm³/mol. The second-order valence-electron chi connectivity index (χ2n) is 13.9. The molecule has 1 aliphatic rings. The van der Waals surface area contributed by atoms with E-state index in [1.807, 2.05) is 0 Å². The summed E-state index contributed by atoms with van der Waals surface area (Å²) in [5.74, 6) is -4.84. The van der Waals surface area contributed by atoms with E-state index in [-0.39, 0.29) is 34.8 Å². The minimum atomic E-state index is -1.30. The van der Waals surface area contributed by atoms with E-state index < -0.39 is 59.1 Å². The Hall–Kier alpha value is -4.61. The third kappa shape index (κ3) is 10.2. The molecule has 3 N–H and O–H groups in total. The van der Waals surface area contributed by atoms with Crippen molar-refractivity contribution in [3.63, 3.8) is 0 Å². The van der Waals surface area contributed by atoms with Gasteiger partial charge in [-0.25, -0.2) is 9.59 Å². The van der Waals surface area contributed by atoms with Gasteiger partial charge in [0.1, 0.15) is 16.8 Å². The van der Waals surface area contributed by atoms with Crippen LogP contribution in [0.1, 0.15) is 113 Å². The Morgan fingerprint density at radius 1 is 0.870 bits per heavy atom. The lowest BCUT2D eigenvalue weighted by molar-refractivity contribution is -0.164. The van der Waals surface area contributed by atoms with Gasteiger partial charge in [0.15, 0.2) is 11.5 Å². The summed E-state index contributed by atoms with van der Waals surface area (Å²) in [6, 6.07) is 7.39. The molecule has 0 aromatic heterocycles. The molecule has 46 heavy (non-hydrogen) atoms. The number of hydrogen-bond donors (Lipinski definition) is 2. The zero-order valence-electron chi connectivity index (χ0n) is 28.0. The van der Waals surface area contributed by atoms with Crippen LogP contribution in [0.15, 0.2) is 30.3 Å². The van der Waals surface area contributed by atoms with Crippen LogP contribution < -0.4 is 20.5 Å². The SMILES string of the molecule is CC(C)(C)OC(=O)CC(C(=O)OC(C)(C)C)c1ccc(C(N)=O)c2c1OC(=O)c1ccc(NC(=O)OC(C)(C)C)cc1CCCO2. The van der Waals surface area contributed by atoms with Crippen molar-refractivity contribution >= 4 is 35.6 Å². The topological polar surface area (TPSA) is 170 Å². The Balaban J connectivity index is 2.13. The quantitative estimate of drug-likeness (QED) is 0.222. The Labute approximate surface area is 269 Å². The van der Waals surface area contributed by atoms with E-state index in [1.165, 1.54) is 24.3 Å². The van der Waals surface area contributed by atoms with Gasteiger partial charge in [0.2, 0.25) is 0 Å². The summed E-state index contributed by atoms with van der Waals surface area (Å²) < 4.78 is 28.4. The number of aryl methyl sites for hydroxylation is 1. The largest absolute Gasteiger partial charge is 0.489 e. The van der Waals surface area contributed by atoms with E-state index >= 15 is 0 Å². The molecule has 0 aliphatic carbocycles. The number of amides is 2. The van der Waals surface area contributed by atoms with Gasteiger partial charge in [-0.15, -0.1) is 0 Å². The highest BCUT2D eigenvalue weighted by atomic mass is 16.6. The number of nitrogens with two attached hydrogens (primary N) is 1. The van der Waals surface area contributed by atoms with E-state index in [0.717, 1.165) is 0 Å². The van der Waals surface area contributed by atoms with Crippen molar-refractivity contribution in [2.24, 2.45) is 5.73 Å². The highest BCUT2D eigenvalue weighted by molar-refractivity contribution is 5.99. The van der Waals surface area contributed by atoms with Crippen molar-refractivity contribution < 1.29 is 47.7 Å². The van der Waals surface area contributed by atoms with E-state index in [0.29, 0.717) is 24.1 Å². The average Bonchev–Trinajstić information content (AvgIpc) is 2.86. The summed E-state index contributed by atoms with van der Waals surface area (Å²) in [6.45, 7) is 15.4. The standard InChI is InChI=1S/C34H44N2O10/c1-32(2,3)44-25(37)18-24(30(40)45-33(4,5)6)22-14-15-23(28(35)38)26-27(22)43-29(39)21-13-12-20(17-19(21)11-10-16-42-26)36-31(41)46-34(7,8)9/h12-15,17,24H,10-11,16,18H2,1-9H3,(H2,35,38)(H,36,41). The lowest BCUT2D eigenvalue weighted by Crippen LogP contribution is -2.31. The molecular formula is C34H44N2O10. The highest BCUT2D eigenvalue weighted by Crippen LogP contribution is 2.42. The molecule has 12 nitrogen and oxygen atoms in total. The molecule has 0 spiro atoms. The van der Waals surface area contributed by atoms with Gasteiger partial charge in [0.05, 0.1) is 30.1 Å². The van der Waals surface area contributed by atoms with Crippen molar-refractivity contribution in [3.05, 3.63) is 52.6 Å². The minimum Gasteiger partial charge on any atom is -0.489 e. The lowest BCUT2D eigenvalue weighted by Gasteiger charge is -2.27. The first-order valence-corrected chi connectivity index (χ1v) is 15.0. The maximum absolute atomic E-state index is 13.8. The number of rotatable bonds is 6. The van der Waals surface area contributed by atoms with Crippen LogP contribution in [0, 0.1) is 0 Å². The van der Waals surface area contributed by atoms with Crippen LogP contribution in [-0.2, 0) is 30.2 Å². The van der Waals surface area contributed by atoms with Crippen LogP contribution in [-0.4, -0.2) is 53.3 Å². The van der Waals surface area contributed by atoms with Crippen molar-refractivity contribution in [3.8, 4) is 11.5 Å². The Morgan fingerprint density at radius 2 is 1.50 bits per heavy atom. The number of primary amides is 1. The van der Waals surface area contributed by atoms with E-state index in [1.54, 1.807) is 68.4 Å². The molecule has 250 valence electrons. The summed E-state index contributed by atoms with van der Waals surface area (Å²) in [5.41, 5.74) is 4.31. The average molecular weight is 641 g/mol. The van der Waals surface area contributed by atoms with Crippen molar-refractivity contribution in [1.29, 1.82) is 0 Å². The van der Waals surface area contributed by atoms with Gasteiger partial charge < -0.3 is 29.4 Å². The molecule has 0 radical (unpaired) electrons. The fourth-order valence-corrected chi connectivity index (χ4v) is 4.62. The number of ether oxygens (including phenoxy) is 5. The highest BCUT2D eigenvalue weighted by Gasteiger charge is 2.36. The van der Waals surface area contributed by atoms with Gasteiger partial charge in [-0.3, -0.25) is 19.7 Å². The van der Waals surface area contributed by atoms with Gasteiger partial charge in [-0.2, -0.15) is 0 Å². The fraction of sp³-hybridized carbons (Fsp3) is 0.500. The summed E-state index contributed by atoms with van der Waals surface area (Å²) in [5, 5.41) is 2.66. The van der Waals surface area contributed by atoms with Gasteiger partial charge in [-0.1, -0.05) is 6.07 Å². The number of nitrogens with one attached hydrogen (secondary N) is 1. The minimum absolute atomic E-state index is 0.0683. The van der Waals surface area contributed by atoms with E-state index in [4.69, 9.17) is 29.4 Å². The molecule has 2 aromatic carbocycles. The zero-order valence-corrected chi connectivity index (χ0v) is 28.0. The fourth-order valence-electron chi connectivity index (χ4n) is 4.62. The molecule has 0 saturated heterocycles. The van der Waals surface area contributed by atoms with E-state index in [2.05, 4.69) is 5.32 Å². The molecule has 1 heterocycles. The van der Waals surface area contributed by atoms with Crippen LogP contribution in [0.25, 0.3) is 0 Å². The Kier molecular flexibility index (Phi) is 10.8. The first-order valence-electron chi connectivity index (χ1n) is 15.0. The molecule has 3 rings (SSSR count). The molecule has 0 fully saturated rings. The number of benzene rings is 2. The molecule has 2 amide bonds. The number of fused-ring (bicyclic) bond motifs is 2. The summed E-state index contributed by atoms with van der Waals surface area (Å²) >= 11 is 0. The second-order valence-corrected chi connectivity index (χ2v) is 13.9. The van der Waals surface area contributed by atoms with E-state index in [9.17, 15) is 24.0 Å². The molecule has 0 bridgehead atoms. The first kappa shape index (κ1) is 35.9.